The first-order valence-corrected chi connectivity index (χ1v) is 19.1. The molecule has 11 heteroatoms. The Labute approximate surface area is 318 Å². The van der Waals surface area contributed by atoms with Crippen LogP contribution in [0, 0.1) is 0 Å². The van der Waals surface area contributed by atoms with Gasteiger partial charge in [0.1, 0.15) is 11.6 Å². The van der Waals surface area contributed by atoms with E-state index in [1.54, 1.807) is 17.4 Å². The third kappa shape index (κ3) is 8.19. The number of carbonyl (C=O) groups is 2. The second-order valence-corrected chi connectivity index (χ2v) is 16.1. The number of fused-ring (bicyclic) bond motifs is 3. The Balaban J connectivity index is 1.25. The number of halogens is 2. The molecule has 0 radical (unpaired) electrons. The third-order valence-corrected chi connectivity index (χ3v) is 10.6. The molecular weight excluding hydrogens is 740 g/mol. The first-order valence-electron chi connectivity index (χ1n) is 17.9. The number of benzene rings is 3. The number of aromatic nitrogens is 3. The van der Waals surface area contributed by atoms with Crippen LogP contribution in [0.2, 0.25) is 5.02 Å². The number of amides is 2. The van der Waals surface area contributed by atoms with Gasteiger partial charge in [0.25, 0.3) is 0 Å². The van der Waals surface area contributed by atoms with E-state index >= 15 is 4.79 Å². The highest BCUT2D eigenvalue weighted by Crippen LogP contribution is 2.39. The van der Waals surface area contributed by atoms with Crippen LogP contribution in [0.4, 0.5) is 4.79 Å². The Morgan fingerprint density at radius 1 is 1.00 bits per heavy atom. The number of piperazine rings is 1. The van der Waals surface area contributed by atoms with E-state index in [1.165, 1.54) is 5.56 Å². The van der Waals surface area contributed by atoms with Crippen molar-refractivity contribution in [3.05, 3.63) is 129 Å². The first kappa shape index (κ1) is 36.1. The van der Waals surface area contributed by atoms with E-state index in [0.29, 0.717) is 44.3 Å². The molecule has 9 nitrogen and oxygen atoms in total. The number of ether oxygens (including phenoxy) is 1. The molecule has 0 spiro atoms. The van der Waals surface area contributed by atoms with Crippen LogP contribution < -0.4 is 0 Å². The molecule has 2 aromatic heterocycles. The number of hydrogen-bond donors (Lipinski definition) is 0. The van der Waals surface area contributed by atoms with Crippen LogP contribution in [0.1, 0.15) is 61.2 Å². The second kappa shape index (κ2) is 15.4. The quantitative estimate of drug-likeness (QED) is 0.158. The van der Waals surface area contributed by atoms with Gasteiger partial charge in [0, 0.05) is 67.4 Å². The van der Waals surface area contributed by atoms with E-state index < -0.39 is 17.7 Å². The smallest absolute Gasteiger partial charge is 0.411 e. The van der Waals surface area contributed by atoms with Gasteiger partial charge in [0.2, 0.25) is 5.91 Å². The van der Waals surface area contributed by atoms with E-state index in [-0.39, 0.29) is 11.9 Å². The SMILES string of the molecule is CC(C)(C)OC(=O)N1CCN(C2c3ccc(Cl)cc3CCc3cc(Br)cnc32)C[C@@H]1C(=O)N(CCCn1ccnc1)Cc1ccc2ccccc2c1. The molecule has 1 fully saturated rings. The molecule has 3 heterocycles. The zero-order valence-corrected chi connectivity index (χ0v) is 32.2. The minimum Gasteiger partial charge on any atom is -0.444 e. The molecule has 1 aliphatic heterocycles. The Morgan fingerprint density at radius 2 is 1.81 bits per heavy atom. The van der Waals surface area contributed by atoms with Gasteiger partial charge < -0.3 is 14.2 Å². The van der Waals surface area contributed by atoms with Crippen LogP contribution in [0.25, 0.3) is 10.8 Å². The van der Waals surface area contributed by atoms with Crippen molar-refractivity contribution in [1.82, 2.24) is 29.2 Å². The van der Waals surface area contributed by atoms with Gasteiger partial charge in [-0.05, 0) is 113 Å². The lowest BCUT2D eigenvalue weighted by Gasteiger charge is -2.45. The Bertz CT molecular complexity index is 2010. The van der Waals surface area contributed by atoms with E-state index in [1.807, 2.05) is 60.8 Å². The summed E-state index contributed by atoms with van der Waals surface area (Å²) in [6, 6.07) is 21.8. The fourth-order valence-corrected chi connectivity index (χ4v) is 8.04. The molecule has 0 saturated carbocycles. The van der Waals surface area contributed by atoms with Crippen molar-refractivity contribution in [2.45, 2.75) is 70.8 Å². The summed E-state index contributed by atoms with van der Waals surface area (Å²) in [6.07, 6.45) is 9.22. The highest BCUT2D eigenvalue weighted by Gasteiger charge is 2.43. The summed E-state index contributed by atoms with van der Waals surface area (Å²) in [5, 5.41) is 2.96. The average molecular weight is 784 g/mol. The number of pyridine rings is 1. The van der Waals surface area contributed by atoms with Gasteiger partial charge in [0.05, 0.1) is 18.1 Å². The van der Waals surface area contributed by atoms with Crippen molar-refractivity contribution in [1.29, 1.82) is 0 Å². The Kier molecular flexibility index (Phi) is 10.7. The topological polar surface area (TPSA) is 83.8 Å². The Hall–Kier alpha value is -4.25. The molecule has 2 aliphatic rings. The van der Waals surface area contributed by atoms with Crippen molar-refractivity contribution in [2.75, 3.05) is 26.2 Å². The highest BCUT2D eigenvalue weighted by molar-refractivity contribution is 9.10. The lowest BCUT2D eigenvalue weighted by molar-refractivity contribution is -0.140. The van der Waals surface area contributed by atoms with Crippen LogP contribution in [-0.4, -0.2) is 79.1 Å². The van der Waals surface area contributed by atoms with Gasteiger partial charge in [-0.25, -0.2) is 9.78 Å². The second-order valence-electron chi connectivity index (χ2n) is 14.7. The van der Waals surface area contributed by atoms with E-state index in [2.05, 4.69) is 74.3 Å². The largest absolute Gasteiger partial charge is 0.444 e. The van der Waals surface area contributed by atoms with Crippen LogP contribution in [-0.2, 0) is 35.5 Å². The van der Waals surface area contributed by atoms with E-state index in [4.69, 9.17) is 21.3 Å². The van der Waals surface area contributed by atoms with E-state index in [9.17, 15) is 4.79 Å². The van der Waals surface area contributed by atoms with E-state index in [0.717, 1.165) is 56.9 Å². The normalized spacial score (nSPS) is 17.7. The summed E-state index contributed by atoms with van der Waals surface area (Å²) in [7, 11) is 0. The lowest BCUT2D eigenvalue weighted by Crippen LogP contribution is -2.62. The van der Waals surface area contributed by atoms with Crippen molar-refractivity contribution in [2.24, 2.45) is 0 Å². The maximum Gasteiger partial charge on any atom is 0.411 e. The number of imidazole rings is 1. The molecule has 5 aromatic rings. The average Bonchev–Trinajstić information content (AvgIpc) is 3.59. The van der Waals surface area contributed by atoms with Gasteiger partial charge in [0.15, 0.2) is 0 Å². The molecule has 0 bridgehead atoms. The maximum absolute atomic E-state index is 15.1. The standard InChI is InChI=1S/C41H44BrClN6O3/c1-41(2,3)52-40(51)49-20-19-47(38-35-14-13-34(43)23-31(35)11-12-32-22-33(42)24-45-37(32)38)26-36(49)39(50)48(17-6-16-46-18-15-44-27-46)25-28-9-10-29-7-4-5-8-30(29)21-28/h4-5,7-10,13-15,18,21-24,27,36,38H,6,11-12,16-17,19-20,25-26H2,1-3H3/t36-,38?/m1/s1. The molecule has 3 aromatic carbocycles. The van der Waals surface area contributed by atoms with Crippen LogP contribution in [0.3, 0.4) is 0 Å². The minimum absolute atomic E-state index is 0.108. The zero-order chi connectivity index (χ0) is 36.4. The number of carbonyl (C=O) groups excluding carboxylic acids is 2. The summed E-state index contributed by atoms with van der Waals surface area (Å²) >= 11 is 10.2. The number of hydrogen-bond acceptors (Lipinski definition) is 6. The number of nitrogens with zero attached hydrogens (tertiary/aromatic N) is 6. The molecule has 1 unspecified atom stereocenters. The molecule has 7 rings (SSSR count). The summed E-state index contributed by atoms with van der Waals surface area (Å²) in [5.74, 6) is -0.108. The molecule has 0 N–H and O–H groups in total. The van der Waals surface area contributed by atoms with Crippen molar-refractivity contribution < 1.29 is 14.3 Å². The van der Waals surface area contributed by atoms with Crippen LogP contribution in [0.5, 0.6) is 0 Å². The van der Waals surface area contributed by atoms with Gasteiger partial charge in [-0.1, -0.05) is 54.1 Å². The summed E-state index contributed by atoms with van der Waals surface area (Å²) in [5.41, 5.74) is 4.73. The van der Waals surface area contributed by atoms with Gasteiger partial charge in [-0.2, -0.15) is 0 Å². The maximum atomic E-state index is 15.1. The molecule has 52 heavy (non-hydrogen) atoms. The fraction of sp³-hybridized carbons (Fsp3) is 0.366. The minimum atomic E-state index is -0.782. The van der Waals surface area contributed by atoms with Gasteiger partial charge in [-0.15, -0.1) is 0 Å². The van der Waals surface area contributed by atoms with Crippen LogP contribution >= 0.6 is 27.5 Å². The third-order valence-electron chi connectivity index (χ3n) is 9.88. The van der Waals surface area contributed by atoms with Crippen LogP contribution in [0.15, 0.2) is 96.1 Å². The fourth-order valence-electron chi connectivity index (χ4n) is 7.47. The van der Waals surface area contributed by atoms with Gasteiger partial charge in [-0.3, -0.25) is 19.6 Å². The van der Waals surface area contributed by atoms with Gasteiger partial charge >= 0.3 is 6.09 Å². The molecule has 1 saturated heterocycles. The highest BCUT2D eigenvalue weighted by atomic mass is 79.9. The van der Waals surface area contributed by atoms with Crippen molar-refractivity contribution >= 4 is 50.3 Å². The number of aryl methyl sites for hydroxylation is 3. The molecule has 1 aliphatic carbocycles. The monoisotopic (exact) mass is 782 g/mol. The lowest BCUT2D eigenvalue weighted by atomic mass is 9.95. The number of rotatable bonds is 8. The molecular formula is C41H44BrClN6O3. The summed E-state index contributed by atoms with van der Waals surface area (Å²) < 4.78 is 8.88. The predicted octanol–water partition coefficient (Wildman–Crippen LogP) is 8.08. The predicted molar refractivity (Wildman–Crippen MR) is 207 cm³/mol. The summed E-state index contributed by atoms with van der Waals surface area (Å²) in [4.78, 5) is 44.1. The zero-order valence-electron chi connectivity index (χ0n) is 29.8. The Morgan fingerprint density at radius 3 is 2.60 bits per heavy atom. The molecule has 2 atom stereocenters. The molecule has 2 amide bonds. The van der Waals surface area contributed by atoms with Crippen molar-refractivity contribution in [3.8, 4) is 0 Å². The van der Waals surface area contributed by atoms with Crippen molar-refractivity contribution in [3.63, 3.8) is 0 Å². The first-order chi connectivity index (χ1) is 25.0. The summed E-state index contributed by atoms with van der Waals surface area (Å²) in [6.45, 7) is 8.39. The molecule has 270 valence electrons.